The summed E-state index contributed by atoms with van der Waals surface area (Å²) in [6.45, 7) is 6.52. The van der Waals surface area contributed by atoms with Crippen molar-refractivity contribution in [3.63, 3.8) is 0 Å². The molecule has 0 bridgehead atoms. The highest BCUT2D eigenvalue weighted by molar-refractivity contribution is 5.86. The lowest BCUT2D eigenvalue weighted by Crippen LogP contribution is -2.15. The number of carbonyl (C=O) groups excluding carboxylic acids is 1. The Labute approximate surface area is 98.3 Å². The van der Waals surface area contributed by atoms with E-state index in [9.17, 15) is 4.79 Å². The monoisotopic (exact) mass is 239 g/mol. The molecule has 0 saturated heterocycles. The standard InChI is InChI=1S/C7H12O3.C3H9N.ClH/c1-5(2)7(9)10-4-6(3)8;1-4(2)3;/h6,8H,1,4H2,2-3H3;1-3H3;1H. The average Bonchev–Trinajstić information content (AvgIpc) is 1.98. The van der Waals surface area contributed by atoms with E-state index in [1.807, 2.05) is 26.0 Å². The van der Waals surface area contributed by atoms with Crippen molar-refractivity contribution >= 4 is 18.4 Å². The molecule has 0 aliphatic rings. The van der Waals surface area contributed by atoms with Gasteiger partial charge < -0.3 is 14.7 Å². The maximum absolute atomic E-state index is 10.6. The first-order chi connectivity index (χ1) is 6.27. The number of halogens is 1. The highest BCUT2D eigenvalue weighted by Gasteiger charge is 2.03. The molecule has 0 aromatic heterocycles. The summed E-state index contributed by atoms with van der Waals surface area (Å²) in [6, 6.07) is 0. The lowest BCUT2D eigenvalue weighted by Gasteiger charge is -2.04. The number of carbonyl (C=O) groups is 1. The normalized spacial score (nSPS) is 10.6. The molecule has 0 saturated carbocycles. The first-order valence-corrected chi connectivity index (χ1v) is 4.39. The molecule has 4 nitrogen and oxygen atoms in total. The van der Waals surface area contributed by atoms with Gasteiger partial charge in [0, 0.05) is 5.57 Å². The van der Waals surface area contributed by atoms with E-state index in [1.54, 1.807) is 13.8 Å². The van der Waals surface area contributed by atoms with Crippen LogP contribution in [-0.2, 0) is 9.53 Å². The molecule has 1 atom stereocenters. The fourth-order valence-corrected chi connectivity index (χ4v) is 0.319. The van der Waals surface area contributed by atoms with E-state index in [1.165, 1.54) is 0 Å². The quantitative estimate of drug-likeness (QED) is 0.592. The summed E-state index contributed by atoms with van der Waals surface area (Å²) in [7, 11) is 6.00. The van der Waals surface area contributed by atoms with Crippen LogP contribution in [-0.4, -0.2) is 49.8 Å². The summed E-state index contributed by atoms with van der Waals surface area (Å²) < 4.78 is 4.58. The molecule has 0 heterocycles. The third-order valence-electron chi connectivity index (χ3n) is 0.804. The fraction of sp³-hybridized carbons (Fsp3) is 0.700. The molecule has 15 heavy (non-hydrogen) atoms. The summed E-state index contributed by atoms with van der Waals surface area (Å²) in [4.78, 5) is 12.6. The van der Waals surface area contributed by atoms with Crippen LogP contribution in [0.2, 0.25) is 0 Å². The zero-order valence-electron chi connectivity index (χ0n) is 10.1. The van der Waals surface area contributed by atoms with Gasteiger partial charge in [0.25, 0.3) is 0 Å². The summed E-state index contributed by atoms with van der Waals surface area (Å²) in [6.07, 6.45) is -0.608. The maximum Gasteiger partial charge on any atom is 0.333 e. The molecule has 92 valence electrons. The Morgan fingerprint density at radius 1 is 1.47 bits per heavy atom. The Balaban J connectivity index is -0.000000249. The zero-order valence-corrected chi connectivity index (χ0v) is 10.9. The Kier molecular flexibility index (Phi) is 15.3. The minimum Gasteiger partial charge on any atom is -0.460 e. The molecule has 0 spiro atoms. The van der Waals surface area contributed by atoms with Gasteiger partial charge in [0.2, 0.25) is 0 Å². The molecular formula is C10H22ClNO3. The second-order valence-electron chi connectivity index (χ2n) is 3.57. The predicted molar refractivity (Wildman–Crippen MR) is 64.3 cm³/mol. The summed E-state index contributed by atoms with van der Waals surface area (Å²) >= 11 is 0. The molecule has 0 aliphatic carbocycles. The van der Waals surface area contributed by atoms with Crippen molar-refractivity contribution in [2.75, 3.05) is 27.7 Å². The van der Waals surface area contributed by atoms with E-state index in [4.69, 9.17) is 5.11 Å². The summed E-state index contributed by atoms with van der Waals surface area (Å²) in [5.74, 6) is -0.457. The first kappa shape index (κ1) is 19.9. The number of hydrogen-bond acceptors (Lipinski definition) is 4. The molecule has 0 amide bonds. The van der Waals surface area contributed by atoms with Gasteiger partial charge in [-0.2, -0.15) is 0 Å². The molecule has 1 unspecified atom stereocenters. The largest absolute Gasteiger partial charge is 0.460 e. The molecule has 0 radical (unpaired) electrons. The van der Waals surface area contributed by atoms with Gasteiger partial charge in [-0.05, 0) is 35.0 Å². The Hall–Kier alpha value is -0.580. The van der Waals surface area contributed by atoms with Crippen LogP contribution in [0.5, 0.6) is 0 Å². The Bertz CT molecular complexity index is 179. The van der Waals surface area contributed by atoms with E-state index in [0.717, 1.165) is 0 Å². The Morgan fingerprint density at radius 3 is 2.00 bits per heavy atom. The van der Waals surface area contributed by atoms with Crippen molar-refractivity contribution in [2.45, 2.75) is 20.0 Å². The van der Waals surface area contributed by atoms with Crippen molar-refractivity contribution in [2.24, 2.45) is 0 Å². The number of hydrogen-bond donors (Lipinski definition) is 1. The fourth-order valence-electron chi connectivity index (χ4n) is 0.319. The molecule has 0 rings (SSSR count). The second-order valence-corrected chi connectivity index (χ2v) is 3.57. The minimum atomic E-state index is -0.608. The highest BCUT2D eigenvalue weighted by atomic mass is 35.5. The van der Waals surface area contributed by atoms with Gasteiger partial charge in [0.05, 0.1) is 6.10 Å². The van der Waals surface area contributed by atoms with Crippen molar-refractivity contribution in [3.8, 4) is 0 Å². The van der Waals surface area contributed by atoms with Gasteiger partial charge in [0.1, 0.15) is 6.61 Å². The predicted octanol–water partition coefficient (Wildman–Crippen LogP) is 1.09. The molecule has 0 aromatic rings. The lowest BCUT2D eigenvalue weighted by molar-refractivity contribution is -0.141. The minimum absolute atomic E-state index is 0. The van der Waals surface area contributed by atoms with E-state index in [-0.39, 0.29) is 19.0 Å². The van der Waals surface area contributed by atoms with Gasteiger partial charge in [-0.25, -0.2) is 4.79 Å². The van der Waals surface area contributed by atoms with Crippen LogP contribution in [0, 0.1) is 0 Å². The SMILES string of the molecule is C=C(C)C(=O)OCC(C)O.CN(C)C.Cl. The molecule has 0 fully saturated rings. The van der Waals surface area contributed by atoms with Crippen LogP contribution in [0.1, 0.15) is 13.8 Å². The van der Waals surface area contributed by atoms with E-state index in [2.05, 4.69) is 11.3 Å². The van der Waals surface area contributed by atoms with Crippen LogP contribution >= 0.6 is 12.4 Å². The molecule has 1 N–H and O–H groups in total. The molecule has 5 heteroatoms. The van der Waals surface area contributed by atoms with E-state index >= 15 is 0 Å². The van der Waals surface area contributed by atoms with Gasteiger partial charge in [-0.15, -0.1) is 12.4 Å². The second kappa shape index (κ2) is 11.5. The van der Waals surface area contributed by atoms with E-state index in [0.29, 0.717) is 5.57 Å². The smallest absolute Gasteiger partial charge is 0.333 e. The highest BCUT2D eigenvalue weighted by Crippen LogP contribution is 1.92. The summed E-state index contributed by atoms with van der Waals surface area (Å²) in [5, 5.41) is 8.68. The number of ether oxygens (including phenoxy) is 1. The van der Waals surface area contributed by atoms with Gasteiger partial charge in [-0.3, -0.25) is 0 Å². The number of esters is 1. The van der Waals surface area contributed by atoms with Gasteiger partial charge >= 0.3 is 5.97 Å². The zero-order chi connectivity index (χ0) is 11.7. The molecule has 0 aliphatic heterocycles. The van der Waals surface area contributed by atoms with Crippen molar-refractivity contribution < 1.29 is 14.6 Å². The van der Waals surface area contributed by atoms with Crippen LogP contribution in [0.15, 0.2) is 12.2 Å². The van der Waals surface area contributed by atoms with Crippen LogP contribution < -0.4 is 0 Å². The van der Waals surface area contributed by atoms with Crippen molar-refractivity contribution in [3.05, 3.63) is 12.2 Å². The van der Waals surface area contributed by atoms with Gasteiger partial charge in [-0.1, -0.05) is 6.58 Å². The first-order valence-electron chi connectivity index (χ1n) is 4.39. The maximum atomic E-state index is 10.6. The van der Waals surface area contributed by atoms with Crippen molar-refractivity contribution in [1.82, 2.24) is 4.90 Å². The number of rotatable bonds is 3. The number of nitrogens with zero attached hydrogens (tertiary/aromatic N) is 1. The third-order valence-corrected chi connectivity index (χ3v) is 0.804. The molecular weight excluding hydrogens is 218 g/mol. The van der Waals surface area contributed by atoms with Crippen LogP contribution in [0.4, 0.5) is 0 Å². The number of aliphatic hydroxyl groups is 1. The molecule has 0 aromatic carbocycles. The summed E-state index contributed by atoms with van der Waals surface area (Å²) in [5.41, 5.74) is 0.348. The van der Waals surface area contributed by atoms with Crippen molar-refractivity contribution in [1.29, 1.82) is 0 Å². The van der Waals surface area contributed by atoms with Gasteiger partial charge in [0.15, 0.2) is 0 Å². The number of aliphatic hydroxyl groups excluding tert-OH is 1. The average molecular weight is 240 g/mol. The van der Waals surface area contributed by atoms with Crippen LogP contribution in [0.25, 0.3) is 0 Å². The van der Waals surface area contributed by atoms with Crippen LogP contribution in [0.3, 0.4) is 0 Å². The lowest BCUT2D eigenvalue weighted by atomic mass is 10.3. The third kappa shape index (κ3) is 24.7. The van der Waals surface area contributed by atoms with E-state index < -0.39 is 12.1 Å². The topological polar surface area (TPSA) is 49.8 Å². The Morgan fingerprint density at radius 2 is 1.80 bits per heavy atom.